The first-order valence-electron chi connectivity index (χ1n) is 11.2. The van der Waals surface area contributed by atoms with Crippen molar-refractivity contribution in [2.45, 2.75) is 59.5 Å². The van der Waals surface area contributed by atoms with Gasteiger partial charge < -0.3 is 38.7 Å². The lowest BCUT2D eigenvalue weighted by Crippen LogP contribution is -2.20. The van der Waals surface area contributed by atoms with Crippen molar-refractivity contribution in [1.29, 1.82) is 0 Å². The maximum absolute atomic E-state index is 13.2. The minimum atomic E-state index is -4.09. The van der Waals surface area contributed by atoms with E-state index in [-0.39, 0.29) is 13.3 Å². The number of aliphatic hydroxyl groups is 1. The molecule has 2 rings (SSSR count). The maximum atomic E-state index is 13.2. The molecule has 0 aliphatic rings. The lowest BCUT2D eigenvalue weighted by Gasteiger charge is -2.21. The van der Waals surface area contributed by atoms with Crippen LogP contribution in [0.4, 0.5) is 15.4 Å². The SMILES string of the molecule is CC(C)OC(=O)OCOP(=O)(CO[C@H](C)Cn1cnc2c(NCO)ncnc21)OCOC(=O)OC(C)C. The van der Waals surface area contributed by atoms with Crippen LogP contribution in [0.5, 0.6) is 0 Å². The van der Waals surface area contributed by atoms with Gasteiger partial charge in [0.15, 0.2) is 11.5 Å². The standard InChI is InChI=1S/C20H32N5O11P/c1-13(2)35-19(27)30-10-33-37(29,34-11-31-20(28)36-14(3)4)12-32-15(5)6-25-8-23-16-17(24-9-26)21-7-22-18(16)25/h7-8,13-15,26H,6,9-12H2,1-5H3,(H,21,22,24)/t15-/m1/s1. The second-order valence-electron chi connectivity index (χ2n) is 7.96. The summed E-state index contributed by atoms with van der Waals surface area (Å²) in [6.07, 6.45) is -1.22. The molecular weight excluding hydrogens is 517 g/mol. The van der Waals surface area contributed by atoms with Crippen LogP contribution >= 0.6 is 7.60 Å². The topological polar surface area (TPSA) is 192 Å². The van der Waals surface area contributed by atoms with Crippen LogP contribution in [-0.4, -0.2) is 81.9 Å². The zero-order chi connectivity index (χ0) is 27.4. The smallest absolute Gasteiger partial charge is 0.432 e. The third-order valence-corrected chi connectivity index (χ3v) is 5.60. The Morgan fingerprint density at radius 3 is 2.14 bits per heavy atom. The van der Waals surface area contributed by atoms with Crippen molar-refractivity contribution < 1.29 is 52.0 Å². The molecule has 0 bridgehead atoms. The first-order valence-corrected chi connectivity index (χ1v) is 12.9. The zero-order valence-corrected chi connectivity index (χ0v) is 22.1. The average molecular weight is 549 g/mol. The highest BCUT2D eigenvalue weighted by molar-refractivity contribution is 7.53. The molecule has 0 saturated heterocycles. The van der Waals surface area contributed by atoms with Crippen LogP contribution in [0.2, 0.25) is 0 Å². The van der Waals surface area contributed by atoms with Crippen LogP contribution in [-0.2, 0) is 43.8 Å². The Hall–Kier alpha value is -3.04. The zero-order valence-electron chi connectivity index (χ0n) is 21.2. The van der Waals surface area contributed by atoms with Gasteiger partial charge in [-0.1, -0.05) is 0 Å². The Labute approximate surface area is 213 Å². The van der Waals surface area contributed by atoms with Gasteiger partial charge in [-0.25, -0.2) is 24.5 Å². The van der Waals surface area contributed by atoms with E-state index in [0.717, 1.165) is 0 Å². The van der Waals surface area contributed by atoms with E-state index in [1.54, 1.807) is 39.2 Å². The normalized spacial score (nSPS) is 12.5. The highest BCUT2D eigenvalue weighted by atomic mass is 31.2. The highest BCUT2D eigenvalue weighted by Crippen LogP contribution is 2.48. The van der Waals surface area contributed by atoms with Gasteiger partial charge in [-0.15, -0.1) is 0 Å². The molecule has 0 spiro atoms. The molecule has 2 N–H and O–H groups in total. The quantitative estimate of drug-likeness (QED) is 0.187. The van der Waals surface area contributed by atoms with Crippen LogP contribution in [0.15, 0.2) is 12.7 Å². The lowest BCUT2D eigenvalue weighted by atomic mass is 10.4. The van der Waals surface area contributed by atoms with E-state index in [1.807, 2.05) is 0 Å². The molecule has 0 saturated carbocycles. The fourth-order valence-electron chi connectivity index (χ4n) is 2.64. The predicted molar refractivity (Wildman–Crippen MR) is 126 cm³/mol. The van der Waals surface area contributed by atoms with Crippen LogP contribution in [0, 0.1) is 0 Å². The number of aliphatic hydroxyl groups excluding tert-OH is 1. The molecule has 1 atom stereocenters. The minimum absolute atomic E-state index is 0.237. The molecule has 0 aliphatic carbocycles. The summed E-state index contributed by atoms with van der Waals surface area (Å²) in [6.45, 7) is 6.57. The third kappa shape index (κ3) is 10.5. The van der Waals surface area contributed by atoms with Gasteiger partial charge >= 0.3 is 19.9 Å². The number of imidazole rings is 1. The Balaban J connectivity index is 1.98. The van der Waals surface area contributed by atoms with Gasteiger partial charge in [0.1, 0.15) is 24.9 Å². The molecule has 2 heterocycles. The summed E-state index contributed by atoms with van der Waals surface area (Å²) in [5.41, 5.74) is 0.920. The van der Waals surface area contributed by atoms with Crippen LogP contribution in [0.1, 0.15) is 34.6 Å². The lowest BCUT2D eigenvalue weighted by molar-refractivity contribution is -0.0369. The van der Waals surface area contributed by atoms with Gasteiger partial charge in [-0.05, 0) is 34.6 Å². The van der Waals surface area contributed by atoms with Gasteiger partial charge in [0.25, 0.3) is 0 Å². The molecule has 17 heteroatoms. The van der Waals surface area contributed by atoms with Gasteiger partial charge in [0.2, 0.25) is 13.6 Å². The number of rotatable bonds is 15. The monoisotopic (exact) mass is 549 g/mol. The van der Waals surface area contributed by atoms with Crippen molar-refractivity contribution in [3.63, 3.8) is 0 Å². The molecule has 0 fully saturated rings. The maximum Gasteiger partial charge on any atom is 0.510 e. The van der Waals surface area contributed by atoms with E-state index in [2.05, 4.69) is 20.3 Å². The fourth-order valence-corrected chi connectivity index (χ4v) is 3.73. The van der Waals surface area contributed by atoms with E-state index >= 15 is 0 Å². The molecule has 0 unspecified atom stereocenters. The molecule has 2 aromatic rings. The summed E-state index contributed by atoms with van der Waals surface area (Å²) in [5.74, 6) is 0.359. The largest absolute Gasteiger partial charge is 0.510 e. The summed E-state index contributed by atoms with van der Waals surface area (Å²) in [4.78, 5) is 35.6. The Kier molecular flexibility index (Phi) is 11.9. The molecule has 0 aliphatic heterocycles. The number of hydrogen-bond acceptors (Lipinski definition) is 15. The number of carbonyl (C=O) groups is 2. The highest BCUT2D eigenvalue weighted by Gasteiger charge is 2.29. The number of aromatic nitrogens is 4. The first-order chi connectivity index (χ1) is 17.5. The second-order valence-corrected chi connectivity index (χ2v) is 9.96. The van der Waals surface area contributed by atoms with E-state index in [1.165, 1.54) is 12.7 Å². The number of nitrogens with zero attached hydrogens (tertiary/aromatic N) is 4. The number of anilines is 1. The molecule has 37 heavy (non-hydrogen) atoms. The fraction of sp³-hybridized carbons (Fsp3) is 0.650. The van der Waals surface area contributed by atoms with E-state index in [4.69, 9.17) is 37.8 Å². The average Bonchev–Trinajstić information content (AvgIpc) is 3.21. The van der Waals surface area contributed by atoms with Crippen LogP contribution in [0.25, 0.3) is 11.2 Å². The summed E-state index contributed by atoms with van der Waals surface area (Å²) in [6, 6.07) is 0. The molecule has 0 amide bonds. The van der Waals surface area contributed by atoms with Gasteiger partial charge in [-0.3, -0.25) is 13.6 Å². The van der Waals surface area contributed by atoms with E-state index < -0.39 is 58.2 Å². The van der Waals surface area contributed by atoms with Crippen molar-refractivity contribution in [1.82, 2.24) is 19.5 Å². The Morgan fingerprint density at radius 2 is 1.59 bits per heavy atom. The minimum Gasteiger partial charge on any atom is -0.432 e. The number of hydrogen-bond donors (Lipinski definition) is 2. The summed E-state index contributed by atoms with van der Waals surface area (Å²) in [5, 5.41) is 11.8. The van der Waals surface area contributed by atoms with Crippen molar-refractivity contribution >= 4 is 36.9 Å². The molecule has 16 nitrogen and oxygen atoms in total. The van der Waals surface area contributed by atoms with Gasteiger partial charge in [0, 0.05) is 0 Å². The van der Waals surface area contributed by atoms with Crippen molar-refractivity contribution in [2.75, 3.05) is 32.0 Å². The Bertz CT molecular complexity index is 1030. The number of fused-ring (bicyclic) bond motifs is 1. The predicted octanol–water partition coefficient (Wildman–Crippen LogP) is 2.82. The van der Waals surface area contributed by atoms with Crippen molar-refractivity contribution in [2.24, 2.45) is 0 Å². The van der Waals surface area contributed by atoms with Gasteiger partial charge in [0.05, 0.1) is 31.2 Å². The van der Waals surface area contributed by atoms with Crippen LogP contribution in [0.3, 0.4) is 0 Å². The second kappa shape index (κ2) is 14.6. The van der Waals surface area contributed by atoms with Crippen LogP contribution < -0.4 is 5.32 Å². The molecular formula is C20H32N5O11P. The molecule has 0 radical (unpaired) electrons. The van der Waals surface area contributed by atoms with E-state index in [0.29, 0.717) is 17.0 Å². The van der Waals surface area contributed by atoms with E-state index in [9.17, 15) is 14.2 Å². The number of carbonyl (C=O) groups excluding carboxylic acids is 2. The summed E-state index contributed by atoms with van der Waals surface area (Å²) >= 11 is 0. The molecule has 2 aromatic heterocycles. The van der Waals surface area contributed by atoms with Gasteiger partial charge in [-0.2, -0.15) is 0 Å². The van der Waals surface area contributed by atoms with Crippen molar-refractivity contribution in [3.05, 3.63) is 12.7 Å². The first kappa shape index (κ1) is 30.2. The summed E-state index contributed by atoms with van der Waals surface area (Å²) < 4.78 is 49.8. The Morgan fingerprint density at radius 1 is 1.00 bits per heavy atom. The molecule has 0 aromatic carbocycles. The third-order valence-electron chi connectivity index (χ3n) is 4.13. The number of ether oxygens (including phenoxy) is 5. The summed E-state index contributed by atoms with van der Waals surface area (Å²) in [7, 11) is -4.09. The number of nitrogens with one attached hydrogen (secondary N) is 1. The molecule has 208 valence electrons. The van der Waals surface area contributed by atoms with Crippen molar-refractivity contribution in [3.8, 4) is 0 Å².